The molecule has 5 nitrogen and oxygen atoms in total. The average molecular weight is 347 g/mol. The van der Waals surface area contributed by atoms with Crippen LogP contribution in [0.25, 0.3) is 0 Å². The quantitative estimate of drug-likeness (QED) is 0.596. The van der Waals surface area contributed by atoms with Crippen molar-refractivity contribution in [1.82, 2.24) is 10.6 Å². The standard InChI is InChI=1S/C18H25N3O2S/c1-13(15-8-9-24-12-15)10-20-18(19-2)21-11-14-6-5-7-16(22-3)17(14)23-4/h5-9,12-13H,10-11H2,1-4H3,(H2,19,20,21). The van der Waals surface area contributed by atoms with Gasteiger partial charge in [0.2, 0.25) is 0 Å². The van der Waals surface area contributed by atoms with Crippen molar-refractivity contribution < 1.29 is 9.47 Å². The van der Waals surface area contributed by atoms with E-state index in [0.717, 1.165) is 29.6 Å². The Balaban J connectivity index is 1.92. The molecule has 24 heavy (non-hydrogen) atoms. The summed E-state index contributed by atoms with van der Waals surface area (Å²) in [5.74, 6) is 2.67. The Morgan fingerprint density at radius 2 is 2.04 bits per heavy atom. The number of hydrogen-bond donors (Lipinski definition) is 2. The lowest BCUT2D eigenvalue weighted by atomic mass is 10.1. The Hall–Kier alpha value is -2.21. The third-order valence-electron chi connectivity index (χ3n) is 3.84. The Morgan fingerprint density at radius 1 is 1.21 bits per heavy atom. The summed E-state index contributed by atoms with van der Waals surface area (Å²) in [6, 6.07) is 8.01. The molecule has 1 unspecified atom stereocenters. The molecule has 0 bridgehead atoms. The van der Waals surface area contributed by atoms with Crippen LogP contribution in [0.15, 0.2) is 40.0 Å². The van der Waals surface area contributed by atoms with Crippen LogP contribution in [0.4, 0.5) is 0 Å². The molecule has 1 heterocycles. The topological polar surface area (TPSA) is 54.9 Å². The molecular formula is C18H25N3O2S. The molecule has 0 aliphatic carbocycles. The second kappa shape index (κ2) is 9.17. The van der Waals surface area contributed by atoms with E-state index in [9.17, 15) is 0 Å². The maximum Gasteiger partial charge on any atom is 0.191 e. The number of methoxy groups -OCH3 is 2. The van der Waals surface area contributed by atoms with Crippen LogP contribution < -0.4 is 20.1 Å². The fourth-order valence-electron chi connectivity index (χ4n) is 2.42. The first kappa shape index (κ1) is 18.1. The number of aliphatic imine (C=N–C) groups is 1. The number of para-hydroxylation sites is 1. The number of guanidine groups is 1. The van der Waals surface area contributed by atoms with Gasteiger partial charge in [-0.15, -0.1) is 0 Å². The van der Waals surface area contributed by atoms with Crippen LogP contribution >= 0.6 is 11.3 Å². The molecule has 1 atom stereocenters. The fraction of sp³-hybridized carbons (Fsp3) is 0.389. The van der Waals surface area contributed by atoms with Gasteiger partial charge in [-0.25, -0.2) is 0 Å². The first-order valence-electron chi connectivity index (χ1n) is 7.86. The van der Waals surface area contributed by atoms with Crippen LogP contribution in [-0.4, -0.2) is 33.8 Å². The zero-order chi connectivity index (χ0) is 17.4. The first-order chi connectivity index (χ1) is 11.7. The Bertz CT molecular complexity index is 656. The van der Waals surface area contributed by atoms with Gasteiger partial charge in [0.25, 0.3) is 0 Å². The molecule has 0 saturated carbocycles. The van der Waals surface area contributed by atoms with Crippen molar-refractivity contribution in [2.24, 2.45) is 4.99 Å². The zero-order valence-electron chi connectivity index (χ0n) is 14.6. The van der Waals surface area contributed by atoms with E-state index in [2.05, 4.69) is 39.4 Å². The largest absolute Gasteiger partial charge is 0.493 e. The SMILES string of the molecule is CN=C(NCc1cccc(OC)c1OC)NCC(C)c1ccsc1. The lowest BCUT2D eigenvalue weighted by molar-refractivity contribution is 0.351. The molecule has 0 spiro atoms. The molecule has 0 saturated heterocycles. The summed E-state index contributed by atoms with van der Waals surface area (Å²) in [6.45, 7) is 3.63. The van der Waals surface area contributed by atoms with Crippen molar-refractivity contribution in [3.63, 3.8) is 0 Å². The average Bonchev–Trinajstić information content (AvgIpc) is 3.15. The minimum atomic E-state index is 0.432. The highest BCUT2D eigenvalue weighted by Gasteiger charge is 2.11. The minimum Gasteiger partial charge on any atom is -0.493 e. The predicted molar refractivity (Wildman–Crippen MR) is 100 cm³/mol. The van der Waals surface area contributed by atoms with Crippen LogP contribution in [-0.2, 0) is 6.54 Å². The molecule has 0 fully saturated rings. The molecule has 0 radical (unpaired) electrons. The van der Waals surface area contributed by atoms with Crippen LogP contribution in [0.2, 0.25) is 0 Å². The van der Waals surface area contributed by atoms with Crippen molar-refractivity contribution in [2.45, 2.75) is 19.4 Å². The van der Waals surface area contributed by atoms with Gasteiger partial charge in [-0.05, 0) is 34.4 Å². The molecule has 2 aromatic rings. The number of rotatable bonds is 7. The first-order valence-corrected chi connectivity index (χ1v) is 8.80. The molecule has 130 valence electrons. The minimum absolute atomic E-state index is 0.432. The monoisotopic (exact) mass is 347 g/mol. The summed E-state index contributed by atoms with van der Waals surface area (Å²) in [5, 5.41) is 11.0. The van der Waals surface area contributed by atoms with E-state index >= 15 is 0 Å². The smallest absolute Gasteiger partial charge is 0.191 e. The van der Waals surface area contributed by atoms with Crippen LogP contribution in [0, 0.1) is 0 Å². The van der Waals surface area contributed by atoms with Gasteiger partial charge < -0.3 is 20.1 Å². The highest BCUT2D eigenvalue weighted by molar-refractivity contribution is 7.07. The van der Waals surface area contributed by atoms with Crippen LogP contribution in [0.1, 0.15) is 24.0 Å². The van der Waals surface area contributed by atoms with Crippen molar-refractivity contribution in [3.8, 4) is 11.5 Å². The van der Waals surface area contributed by atoms with E-state index in [-0.39, 0.29) is 0 Å². The Morgan fingerprint density at radius 3 is 2.67 bits per heavy atom. The predicted octanol–water partition coefficient (Wildman–Crippen LogP) is 3.23. The number of ether oxygens (including phenoxy) is 2. The van der Waals surface area contributed by atoms with Gasteiger partial charge in [0.05, 0.1) is 14.2 Å². The fourth-order valence-corrected chi connectivity index (χ4v) is 3.20. The number of hydrogen-bond acceptors (Lipinski definition) is 4. The van der Waals surface area contributed by atoms with E-state index in [1.54, 1.807) is 32.6 Å². The van der Waals surface area contributed by atoms with E-state index < -0.39 is 0 Å². The van der Waals surface area contributed by atoms with Crippen LogP contribution in [0.5, 0.6) is 11.5 Å². The van der Waals surface area contributed by atoms with Gasteiger partial charge >= 0.3 is 0 Å². The van der Waals surface area contributed by atoms with Crippen LogP contribution in [0.3, 0.4) is 0 Å². The maximum atomic E-state index is 5.46. The molecule has 1 aromatic heterocycles. The maximum absolute atomic E-state index is 5.46. The van der Waals surface area contributed by atoms with E-state index in [4.69, 9.17) is 9.47 Å². The molecular weight excluding hydrogens is 322 g/mol. The van der Waals surface area contributed by atoms with Crippen molar-refractivity contribution in [3.05, 3.63) is 46.2 Å². The van der Waals surface area contributed by atoms with Gasteiger partial charge in [0.15, 0.2) is 17.5 Å². The highest BCUT2D eigenvalue weighted by atomic mass is 32.1. The van der Waals surface area contributed by atoms with Gasteiger partial charge in [-0.1, -0.05) is 19.1 Å². The third-order valence-corrected chi connectivity index (χ3v) is 4.54. The normalized spacial score (nSPS) is 12.6. The summed E-state index contributed by atoms with van der Waals surface area (Å²) in [5.41, 5.74) is 2.36. The van der Waals surface area contributed by atoms with Crippen molar-refractivity contribution in [1.29, 1.82) is 0 Å². The molecule has 1 aromatic carbocycles. The summed E-state index contributed by atoms with van der Waals surface area (Å²) >= 11 is 1.72. The molecule has 2 N–H and O–H groups in total. The Labute approximate surface area is 147 Å². The van der Waals surface area contributed by atoms with Gasteiger partial charge in [0.1, 0.15) is 0 Å². The number of benzene rings is 1. The summed E-state index contributed by atoms with van der Waals surface area (Å²) < 4.78 is 10.8. The second-order valence-corrected chi connectivity index (χ2v) is 6.20. The highest BCUT2D eigenvalue weighted by Crippen LogP contribution is 2.30. The number of thiophene rings is 1. The van der Waals surface area contributed by atoms with Gasteiger partial charge in [-0.3, -0.25) is 4.99 Å². The number of nitrogens with one attached hydrogen (secondary N) is 2. The van der Waals surface area contributed by atoms with Crippen molar-refractivity contribution in [2.75, 3.05) is 27.8 Å². The molecule has 6 heteroatoms. The van der Waals surface area contributed by atoms with Gasteiger partial charge in [0, 0.05) is 25.7 Å². The summed E-state index contributed by atoms with van der Waals surface area (Å²) in [7, 11) is 5.06. The molecule has 2 rings (SSSR count). The van der Waals surface area contributed by atoms with E-state index in [0.29, 0.717) is 12.5 Å². The lowest BCUT2D eigenvalue weighted by Gasteiger charge is -2.17. The molecule has 0 aliphatic rings. The molecule has 0 amide bonds. The second-order valence-electron chi connectivity index (χ2n) is 5.42. The summed E-state index contributed by atoms with van der Waals surface area (Å²) in [4.78, 5) is 4.28. The zero-order valence-corrected chi connectivity index (χ0v) is 15.4. The lowest BCUT2D eigenvalue weighted by Crippen LogP contribution is -2.38. The van der Waals surface area contributed by atoms with Crippen molar-refractivity contribution >= 4 is 17.3 Å². The van der Waals surface area contributed by atoms with E-state index in [1.165, 1.54) is 5.56 Å². The third kappa shape index (κ3) is 4.64. The van der Waals surface area contributed by atoms with E-state index in [1.807, 2.05) is 18.2 Å². The Kier molecular flexibility index (Phi) is 6.93. The molecule has 0 aliphatic heterocycles. The van der Waals surface area contributed by atoms with Gasteiger partial charge in [-0.2, -0.15) is 11.3 Å². The summed E-state index contributed by atoms with van der Waals surface area (Å²) in [6.07, 6.45) is 0. The number of nitrogens with zero attached hydrogens (tertiary/aromatic N) is 1.